The third kappa shape index (κ3) is 9.67. The van der Waals surface area contributed by atoms with E-state index in [2.05, 4.69) is 20.7 Å². The van der Waals surface area contributed by atoms with Gasteiger partial charge in [0.25, 0.3) is 0 Å². The fourth-order valence-electron chi connectivity index (χ4n) is 5.36. The Hall–Kier alpha value is -2.50. The minimum absolute atomic E-state index is 0.0339. The molecule has 3 N–H and O–H groups in total. The van der Waals surface area contributed by atoms with Gasteiger partial charge in [0.2, 0.25) is 0 Å². The molecule has 214 valence electrons. The zero-order chi connectivity index (χ0) is 27.3. The summed E-state index contributed by atoms with van der Waals surface area (Å²) in [7, 11) is 3.14. The van der Waals surface area contributed by atoms with E-state index in [1.54, 1.807) is 4.90 Å². The van der Waals surface area contributed by atoms with Crippen molar-refractivity contribution >= 4 is 12.1 Å². The first-order chi connectivity index (χ1) is 18.4. The number of methoxy groups -OCH3 is 1. The molecule has 3 unspecified atom stereocenters. The molecule has 1 aromatic rings. The van der Waals surface area contributed by atoms with Gasteiger partial charge in [-0.05, 0) is 62.8 Å². The number of ether oxygens (including phenoxy) is 3. The van der Waals surface area contributed by atoms with Crippen LogP contribution in [-0.4, -0.2) is 83.2 Å². The minimum atomic E-state index is -0.691. The highest BCUT2D eigenvalue weighted by Gasteiger charge is 2.32. The van der Waals surface area contributed by atoms with Crippen LogP contribution in [0.5, 0.6) is 0 Å². The predicted octanol–water partition coefficient (Wildman–Crippen LogP) is 3.59. The van der Waals surface area contributed by atoms with Gasteiger partial charge in [0.15, 0.2) is 0 Å². The number of hydrogen-bond donors (Lipinski definition) is 3. The van der Waals surface area contributed by atoms with E-state index < -0.39 is 23.8 Å². The van der Waals surface area contributed by atoms with Gasteiger partial charge in [-0.25, -0.2) is 18.4 Å². The first-order valence-electron chi connectivity index (χ1n) is 13.6. The molecule has 0 saturated carbocycles. The fraction of sp³-hybridized carbons (Fsp3) is 0.704. The molecule has 2 fully saturated rings. The van der Waals surface area contributed by atoms with Crippen LogP contribution in [0.2, 0.25) is 0 Å². The molecule has 3 rings (SSSR count). The van der Waals surface area contributed by atoms with Crippen molar-refractivity contribution in [1.29, 1.82) is 0 Å². The van der Waals surface area contributed by atoms with Crippen molar-refractivity contribution in [1.82, 2.24) is 20.9 Å². The number of benzene rings is 1. The summed E-state index contributed by atoms with van der Waals surface area (Å²) >= 11 is 0. The number of likely N-dealkylation sites (tertiary alicyclic amines) is 1. The third-order valence-corrected chi connectivity index (χ3v) is 7.14. The second kappa shape index (κ2) is 15.8. The first kappa shape index (κ1) is 30.0. The van der Waals surface area contributed by atoms with Crippen LogP contribution in [-0.2, 0) is 14.2 Å². The molecule has 0 bridgehead atoms. The van der Waals surface area contributed by atoms with E-state index in [-0.39, 0.29) is 31.1 Å². The zero-order valence-electron chi connectivity index (χ0n) is 22.5. The van der Waals surface area contributed by atoms with Gasteiger partial charge in [-0.15, -0.1) is 0 Å². The van der Waals surface area contributed by atoms with Gasteiger partial charge in [0.05, 0.1) is 19.8 Å². The van der Waals surface area contributed by atoms with Crippen LogP contribution in [0.3, 0.4) is 0 Å². The van der Waals surface area contributed by atoms with Crippen molar-refractivity contribution in [2.45, 2.75) is 50.7 Å². The van der Waals surface area contributed by atoms with Gasteiger partial charge in [-0.1, -0.05) is 6.42 Å². The topological polar surface area (TPSA) is 101 Å². The maximum atomic E-state index is 14.1. The highest BCUT2D eigenvalue weighted by Crippen LogP contribution is 2.34. The third-order valence-electron chi connectivity index (χ3n) is 7.14. The van der Waals surface area contributed by atoms with Gasteiger partial charge in [0.1, 0.15) is 11.6 Å². The summed E-state index contributed by atoms with van der Waals surface area (Å²) in [4.78, 5) is 26.4. The quantitative estimate of drug-likeness (QED) is 0.371. The van der Waals surface area contributed by atoms with Crippen molar-refractivity contribution in [2.24, 2.45) is 11.8 Å². The van der Waals surface area contributed by atoms with Gasteiger partial charge in [0, 0.05) is 57.4 Å². The molecule has 2 aliphatic rings. The maximum absolute atomic E-state index is 14.1. The first-order valence-corrected chi connectivity index (χ1v) is 13.6. The Morgan fingerprint density at radius 3 is 2.68 bits per heavy atom. The number of urea groups is 1. The molecule has 3 amide bonds. The summed E-state index contributed by atoms with van der Waals surface area (Å²) in [5.41, 5.74) is 0.370. The van der Waals surface area contributed by atoms with Crippen LogP contribution in [0.15, 0.2) is 18.2 Å². The Kier molecular flexibility index (Phi) is 12.5. The number of likely N-dealkylation sites (N-methyl/N-ethyl adjacent to an activating group) is 1. The number of amides is 3. The number of nitrogens with one attached hydrogen (secondary N) is 3. The Morgan fingerprint density at radius 2 is 1.95 bits per heavy atom. The van der Waals surface area contributed by atoms with Crippen molar-refractivity contribution in [3.8, 4) is 0 Å². The average Bonchev–Trinajstić information content (AvgIpc) is 3.16. The normalized spacial score (nSPS) is 21.7. The maximum Gasteiger partial charge on any atom is 0.406 e. The van der Waals surface area contributed by atoms with Crippen LogP contribution in [0, 0.1) is 23.5 Å². The summed E-state index contributed by atoms with van der Waals surface area (Å²) in [5.74, 6) is -1.15. The molecule has 0 radical (unpaired) electrons. The lowest BCUT2D eigenvalue weighted by atomic mass is 9.88. The van der Waals surface area contributed by atoms with E-state index in [1.165, 1.54) is 19.2 Å². The van der Waals surface area contributed by atoms with Crippen LogP contribution in [0.4, 0.5) is 18.4 Å². The Morgan fingerprint density at radius 1 is 1.16 bits per heavy atom. The molecule has 2 heterocycles. The van der Waals surface area contributed by atoms with E-state index in [0.29, 0.717) is 31.1 Å². The largest absolute Gasteiger partial charge is 0.453 e. The average molecular weight is 541 g/mol. The summed E-state index contributed by atoms with van der Waals surface area (Å²) in [6.07, 6.45) is 4.38. The molecule has 0 aromatic heterocycles. The highest BCUT2D eigenvalue weighted by atomic mass is 19.1. The molecular weight excluding hydrogens is 498 g/mol. The molecule has 0 spiro atoms. The number of carbonyl (C=O) groups is 2. The summed E-state index contributed by atoms with van der Waals surface area (Å²) < 4.78 is 44.5. The molecule has 1 aromatic carbocycles. The Balaban J connectivity index is 1.65. The number of nitrogens with zero attached hydrogens (tertiary/aromatic N) is 1. The smallest absolute Gasteiger partial charge is 0.406 e. The second-order valence-corrected chi connectivity index (χ2v) is 10.1. The lowest BCUT2D eigenvalue weighted by molar-refractivity contribution is -0.00899. The molecule has 11 heteroatoms. The number of halogens is 2. The molecule has 9 nitrogen and oxygen atoms in total. The number of piperidine rings is 1. The SMILES string of the molecule is CNCC(CC1CCCCOC1)NC(=O)N1CCCC([C@@H](OCCNC(=O)OC)c2cc(F)cc(F)c2)C1. The molecule has 2 aliphatic heterocycles. The van der Waals surface area contributed by atoms with Gasteiger partial charge in [-0.3, -0.25) is 0 Å². The molecular formula is C27H42F2N4O5. The summed E-state index contributed by atoms with van der Waals surface area (Å²) in [5, 5.41) is 8.91. The van der Waals surface area contributed by atoms with Gasteiger partial charge < -0.3 is 35.1 Å². The number of hydrogen-bond acceptors (Lipinski definition) is 6. The van der Waals surface area contributed by atoms with E-state index in [9.17, 15) is 18.4 Å². The lowest BCUT2D eigenvalue weighted by Crippen LogP contribution is -2.52. The van der Waals surface area contributed by atoms with Gasteiger partial charge in [-0.2, -0.15) is 0 Å². The van der Waals surface area contributed by atoms with Crippen molar-refractivity contribution in [3.63, 3.8) is 0 Å². The van der Waals surface area contributed by atoms with E-state index in [4.69, 9.17) is 9.47 Å². The molecule has 4 atom stereocenters. The van der Waals surface area contributed by atoms with E-state index >= 15 is 0 Å². The zero-order valence-corrected chi connectivity index (χ0v) is 22.5. The van der Waals surface area contributed by atoms with Crippen molar-refractivity contribution in [3.05, 3.63) is 35.4 Å². The van der Waals surface area contributed by atoms with Crippen molar-refractivity contribution in [2.75, 3.05) is 60.2 Å². The lowest BCUT2D eigenvalue weighted by Gasteiger charge is -2.38. The van der Waals surface area contributed by atoms with Crippen LogP contribution in [0.25, 0.3) is 0 Å². The predicted molar refractivity (Wildman–Crippen MR) is 139 cm³/mol. The van der Waals surface area contributed by atoms with E-state index in [1.807, 2.05) is 7.05 Å². The van der Waals surface area contributed by atoms with Crippen molar-refractivity contribution < 1.29 is 32.6 Å². The highest BCUT2D eigenvalue weighted by molar-refractivity contribution is 5.74. The Bertz CT molecular complexity index is 865. The molecule has 0 aliphatic carbocycles. The Labute approximate surface area is 223 Å². The fourth-order valence-corrected chi connectivity index (χ4v) is 5.36. The monoisotopic (exact) mass is 540 g/mol. The minimum Gasteiger partial charge on any atom is -0.453 e. The van der Waals surface area contributed by atoms with Gasteiger partial charge >= 0.3 is 12.1 Å². The second-order valence-electron chi connectivity index (χ2n) is 10.1. The van der Waals surface area contributed by atoms with Crippen LogP contribution >= 0.6 is 0 Å². The van der Waals surface area contributed by atoms with E-state index in [0.717, 1.165) is 57.8 Å². The van der Waals surface area contributed by atoms with Crippen LogP contribution in [0.1, 0.15) is 50.2 Å². The number of rotatable bonds is 11. The molecule has 2 saturated heterocycles. The number of carbonyl (C=O) groups excluding carboxylic acids is 2. The summed E-state index contributed by atoms with van der Waals surface area (Å²) in [6, 6.07) is 3.16. The standard InChI is InChI=1S/C27H42F2N4O5/c1-30-16-24(12-19-6-3-4-10-37-18-19)32-26(34)33-9-5-7-20(17-33)25(38-11-8-31-27(35)36-2)21-13-22(28)15-23(29)14-21/h13-15,19-20,24-25,30H,3-12,16-18H2,1-2H3,(H,31,35)(H,32,34)/t19?,20?,24?,25-/m1/s1. The number of alkyl carbamates (subject to hydrolysis) is 1. The van der Waals surface area contributed by atoms with Crippen LogP contribution < -0.4 is 16.0 Å². The summed E-state index contributed by atoms with van der Waals surface area (Å²) in [6.45, 7) is 3.44. The molecule has 38 heavy (non-hydrogen) atoms.